The van der Waals surface area contributed by atoms with Crippen molar-refractivity contribution in [2.45, 2.75) is 6.54 Å². The molecule has 3 aromatic heterocycles. The Labute approximate surface area is 241 Å². The molecule has 5 aromatic rings. The minimum atomic E-state index is -0.241. The van der Waals surface area contributed by atoms with Crippen LogP contribution in [0.3, 0.4) is 0 Å². The number of anilines is 1. The monoisotopic (exact) mass is 570 g/mol. The van der Waals surface area contributed by atoms with Crippen LogP contribution in [0.1, 0.15) is 16.1 Å². The molecule has 4 heterocycles. The van der Waals surface area contributed by atoms with Crippen LogP contribution in [0.2, 0.25) is 0 Å². The molecule has 0 atom stereocenters. The highest BCUT2D eigenvalue weighted by Crippen LogP contribution is 2.34. The van der Waals surface area contributed by atoms with Gasteiger partial charge in [0, 0.05) is 69.1 Å². The van der Waals surface area contributed by atoms with Crippen molar-refractivity contribution in [1.29, 1.82) is 0 Å². The van der Waals surface area contributed by atoms with Crippen LogP contribution < -0.4 is 5.32 Å². The molecule has 1 saturated heterocycles. The number of carbonyl (C=O) groups is 1. The zero-order chi connectivity index (χ0) is 27.3. The van der Waals surface area contributed by atoms with Gasteiger partial charge in [-0.3, -0.25) is 14.6 Å². The van der Waals surface area contributed by atoms with Crippen molar-refractivity contribution in [2.75, 3.05) is 51.8 Å². The number of para-hydroxylation sites is 1. The van der Waals surface area contributed by atoms with E-state index in [1.165, 1.54) is 22.7 Å². The van der Waals surface area contributed by atoms with Crippen LogP contribution in [-0.2, 0) is 11.3 Å². The fraction of sp³-hybridized carbons (Fsp3) is 0.267. The Morgan fingerprint density at radius 3 is 2.58 bits per heavy atom. The molecule has 1 N–H and O–H groups in total. The Balaban J connectivity index is 1.15. The van der Waals surface area contributed by atoms with Gasteiger partial charge in [-0.25, -0.2) is 15.0 Å². The number of thiazole rings is 2. The molecule has 1 fully saturated rings. The number of hydrogen-bond donors (Lipinski definition) is 1. The van der Waals surface area contributed by atoms with Gasteiger partial charge in [-0.2, -0.15) is 0 Å². The number of amides is 1. The molecule has 204 valence electrons. The van der Waals surface area contributed by atoms with Gasteiger partial charge in [0.05, 0.1) is 12.3 Å². The Morgan fingerprint density at radius 1 is 0.975 bits per heavy atom. The normalized spacial score (nSPS) is 14.5. The molecule has 0 radical (unpaired) electrons. The number of nitrogens with one attached hydrogen (secondary N) is 1. The molecule has 6 rings (SSSR count). The molecular weight excluding hydrogens is 541 g/mol. The second kappa shape index (κ2) is 12.3. The molecule has 0 spiro atoms. The maximum Gasteiger partial charge on any atom is 0.275 e. The molecule has 40 heavy (non-hydrogen) atoms. The van der Waals surface area contributed by atoms with E-state index >= 15 is 0 Å². The number of pyridine rings is 1. The Morgan fingerprint density at radius 2 is 1.75 bits per heavy atom. The second-order valence-corrected chi connectivity index (χ2v) is 11.5. The summed E-state index contributed by atoms with van der Waals surface area (Å²) in [6.07, 6.45) is 1.96. The fourth-order valence-electron chi connectivity index (χ4n) is 4.77. The number of piperazine rings is 1. The summed E-state index contributed by atoms with van der Waals surface area (Å²) < 4.78 is 5.21. The summed E-state index contributed by atoms with van der Waals surface area (Å²) in [7, 11) is 1.75. The van der Waals surface area contributed by atoms with Crippen LogP contribution in [0.15, 0.2) is 72.2 Å². The summed E-state index contributed by atoms with van der Waals surface area (Å²) in [5.41, 5.74) is 5.00. The van der Waals surface area contributed by atoms with Crippen molar-refractivity contribution in [3.63, 3.8) is 0 Å². The predicted octanol–water partition coefficient (Wildman–Crippen LogP) is 5.50. The fourth-order valence-corrected chi connectivity index (χ4v) is 6.51. The molecule has 8 nitrogen and oxygen atoms in total. The van der Waals surface area contributed by atoms with Gasteiger partial charge in [-0.15, -0.1) is 11.3 Å². The number of ether oxygens (including phenoxy) is 1. The molecule has 10 heteroatoms. The van der Waals surface area contributed by atoms with E-state index in [0.717, 1.165) is 82.9 Å². The minimum Gasteiger partial charge on any atom is -0.383 e. The van der Waals surface area contributed by atoms with Crippen LogP contribution >= 0.6 is 22.7 Å². The summed E-state index contributed by atoms with van der Waals surface area (Å²) in [6.45, 7) is 6.79. The number of methoxy groups -OCH3 is 1. The zero-order valence-electron chi connectivity index (χ0n) is 22.2. The van der Waals surface area contributed by atoms with Gasteiger partial charge in [0.1, 0.15) is 26.1 Å². The molecule has 1 aliphatic rings. The van der Waals surface area contributed by atoms with Crippen LogP contribution in [0, 0.1) is 0 Å². The number of nitrogens with zero attached hydrogens (tertiary/aromatic N) is 5. The number of rotatable bonds is 9. The summed E-state index contributed by atoms with van der Waals surface area (Å²) in [5.74, 6) is -0.241. The van der Waals surface area contributed by atoms with Gasteiger partial charge in [0.15, 0.2) is 0 Å². The van der Waals surface area contributed by atoms with Gasteiger partial charge in [0.25, 0.3) is 5.91 Å². The van der Waals surface area contributed by atoms with Crippen LogP contribution in [0.25, 0.3) is 31.5 Å². The smallest absolute Gasteiger partial charge is 0.275 e. The van der Waals surface area contributed by atoms with E-state index in [2.05, 4.69) is 26.2 Å². The highest BCUT2D eigenvalue weighted by atomic mass is 32.1. The van der Waals surface area contributed by atoms with Crippen molar-refractivity contribution in [2.24, 2.45) is 0 Å². The third-order valence-electron chi connectivity index (χ3n) is 6.95. The van der Waals surface area contributed by atoms with Crippen LogP contribution in [0.4, 0.5) is 5.69 Å². The third-order valence-corrected chi connectivity index (χ3v) is 8.85. The highest BCUT2D eigenvalue weighted by Gasteiger charge is 2.19. The van der Waals surface area contributed by atoms with Gasteiger partial charge < -0.3 is 10.1 Å². The molecule has 1 amide bonds. The number of benzene rings is 2. The zero-order valence-corrected chi connectivity index (χ0v) is 23.9. The van der Waals surface area contributed by atoms with E-state index < -0.39 is 0 Å². The topological polar surface area (TPSA) is 83.5 Å². The van der Waals surface area contributed by atoms with Crippen LogP contribution in [-0.4, -0.2) is 77.1 Å². The summed E-state index contributed by atoms with van der Waals surface area (Å²) >= 11 is 2.99. The van der Waals surface area contributed by atoms with Crippen molar-refractivity contribution < 1.29 is 9.53 Å². The second-order valence-electron chi connectivity index (χ2n) is 9.70. The Hall–Kier alpha value is -3.54. The van der Waals surface area contributed by atoms with Gasteiger partial charge in [-0.05, 0) is 23.8 Å². The number of fused-ring (bicyclic) bond motifs is 1. The van der Waals surface area contributed by atoms with E-state index in [4.69, 9.17) is 14.7 Å². The average molecular weight is 571 g/mol. The molecule has 0 saturated carbocycles. The van der Waals surface area contributed by atoms with Crippen molar-refractivity contribution in [3.8, 4) is 21.1 Å². The van der Waals surface area contributed by atoms with E-state index in [1.54, 1.807) is 12.5 Å². The van der Waals surface area contributed by atoms with Crippen LogP contribution in [0.5, 0.6) is 0 Å². The SMILES string of the molecule is COCCN1CCN(Cc2cnc3sc(-c4ccccc4NC(=O)c4csc(-c5ccccc5)n4)nc3c2)CC1. The van der Waals surface area contributed by atoms with Crippen molar-refractivity contribution in [3.05, 3.63) is 83.5 Å². The average Bonchev–Trinajstić information content (AvgIpc) is 3.65. The molecule has 2 aromatic carbocycles. The maximum absolute atomic E-state index is 13.1. The van der Waals surface area contributed by atoms with E-state index in [9.17, 15) is 4.79 Å². The molecule has 0 bridgehead atoms. The lowest BCUT2D eigenvalue weighted by molar-refractivity contribution is 0.0938. The van der Waals surface area contributed by atoms with Gasteiger partial charge >= 0.3 is 0 Å². The van der Waals surface area contributed by atoms with Gasteiger partial charge in [0.2, 0.25) is 0 Å². The van der Waals surface area contributed by atoms with Crippen molar-refractivity contribution >= 4 is 44.6 Å². The molecule has 1 aliphatic heterocycles. The Bertz CT molecular complexity index is 1590. The first-order chi connectivity index (χ1) is 19.7. The quantitative estimate of drug-likeness (QED) is 0.251. The highest BCUT2D eigenvalue weighted by molar-refractivity contribution is 7.21. The predicted molar refractivity (Wildman–Crippen MR) is 162 cm³/mol. The largest absolute Gasteiger partial charge is 0.383 e. The van der Waals surface area contributed by atoms with E-state index in [1.807, 2.05) is 60.8 Å². The first-order valence-electron chi connectivity index (χ1n) is 13.3. The summed E-state index contributed by atoms with van der Waals surface area (Å²) in [5, 5.41) is 6.49. The van der Waals surface area contributed by atoms with Gasteiger partial charge in [-0.1, -0.05) is 53.8 Å². The number of hydrogen-bond acceptors (Lipinski definition) is 9. The lowest BCUT2D eigenvalue weighted by Gasteiger charge is -2.34. The standard InChI is InChI=1S/C30H30N6O2S2/c1-38-16-15-35-11-13-36(14-12-35)19-21-17-25-30(31-18-21)40-29(33-25)23-9-5-6-10-24(23)32-27(37)26-20-39-28(34-26)22-7-3-2-4-8-22/h2-10,17-18,20H,11-16,19H2,1H3,(H,32,37). The number of aromatic nitrogens is 3. The molecule has 0 aliphatic carbocycles. The maximum atomic E-state index is 13.1. The minimum absolute atomic E-state index is 0.241. The lowest BCUT2D eigenvalue weighted by atomic mass is 10.2. The molecule has 0 unspecified atom stereocenters. The number of carbonyl (C=O) groups excluding carboxylic acids is 1. The summed E-state index contributed by atoms with van der Waals surface area (Å²) in [4.78, 5) is 33.1. The third kappa shape index (κ3) is 6.11. The Kier molecular flexibility index (Phi) is 8.22. The first-order valence-corrected chi connectivity index (χ1v) is 15.0. The van der Waals surface area contributed by atoms with E-state index in [0.29, 0.717) is 11.4 Å². The first kappa shape index (κ1) is 26.7. The van der Waals surface area contributed by atoms with Crippen molar-refractivity contribution in [1.82, 2.24) is 24.8 Å². The van der Waals surface area contributed by atoms with E-state index in [-0.39, 0.29) is 5.91 Å². The lowest BCUT2D eigenvalue weighted by Crippen LogP contribution is -2.46. The molecular formula is C30H30N6O2S2. The summed E-state index contributed by atoms with van der Waals surface area (Å²) in [6, 6.07) is 19.8.